The predicted octanol–water partition coefficient (Wildman–Crippen LogP) is 1.83. The third-order valence-corrected chi connectivity index (χ3v) is 3.42. The van der Waals surface area contributed by atoms with Crippen LogP contribution in [0, 0.1) is 13.8 Å². The van der Waals surface area contributed by atoms with Crippen molar-refractivity contribution in [1.82, 2.24) is 4.57 Å². The van der Waals surface area contributed by atoms with Crippen LogP contribution in [0.25, 0.3) is 0 Å². The van der Waals surface area contributed by atoms with Gasteiger partial charge in [-0.1, -0.05) is 0 Å². The average molecular weight is 245 g/mol. The molecule has 72 valence electrons. The Kier molecular flexibility index (Phi) is 2.81. The molecule has 0 aliphatic carbocycles. The van der Waals surface area contributed by atoms with Crippen molar-refractivity contribution < 1.29 is 0 Å². The lowest BCUT2D eigenvalue weighted by Crippen LogP contribution is -2.25. The zero-order valence-corrected chi connectivity index (χ0v) is 9.60. The van der Waals surface area contributed by atoms with Gasteiger partial charge in [0, 0.05) is 16.7 Å². The van der Waals surface area contributed by atoms with Crippen molar-refractivity contribution in [1.29, 1.82) is 0 Å². The van der Waals surface area contributed by atoms with Crippen LogP contribution in [-0.4, -0.2) is 4.57 Å². The van der Waals surface area contributed by atoms with Crippen LogP contribution in [0.5, 0.6) is 0 Å². The highest BCUT2D eigenvalue weighted by atomic mass is 79.9. The first-order valence-corrected chi connectivity index (χ1v) is 4.95. The highest BCUT2D eigenvalue weighted by molar-refractivity contribution is 9.10. The summed E-state index contributed by atoms with van der Waals surface area (Å²) >= 11 is 3.42. The number of rotatable bonds is 1. The number of nitrogen functional groups attached to an aromatic ring is 1. The molecule has 0 aliphatic heterocycles. The van der Waals surface area contributed by atoms with Crippen LogP contribution in [0.3, 0.4) is 0 Å². The summed E-state index contributed by atoms with van der Waals surface area (Å²) in [5.74, 6) is 0. The zero-order valence-electron chi connectivity index (χ0n) is 8.02. The second kappa shape index (κ2) is 3.54. The molecule has 0 fully saturated rings. The number of hydrogen-bond acceptors (Lipinski definition) is 2. The van der Waals surface area contributed by atoms with Crippen LogP contribution in [0.1, 0.15) is 18.2 Å². The van der Waals surface area contributed by atoms with Gasteiger partial charge in [0.15, 0.2) is 0 Å². The van der Waals surface area contributed by atoms with Crippen LogP contribution < -0.4 is 11.3 Å². The number of anilines is 1. The van der Waals surface area contributed by atoms with Crippen LogP contribution >= 0.6 is 15.9 Å². The summed E-state index contributed by atoms with van der Waals surface area (Å²) < 4.78 is 2.58. The largest absolute Gasteiger partial charge is 0.394 e. The van der Waals surface area contributed by atoms with Gasteiger partial charge in [-0.3, -0.25) is 4.79 Å². The van der Waals surface area contributed by atoms with E-state index in [1.54, 1.807) is 4.57 Å². The molecule has 1 rings (SSSR count). The van der Waals surface area contributed by atoms with E-state index in [0.717, 1.165) is 15.7 Å². The highest BCUT2D eigenvalue weighted by Gasteiger charge is 2.11. The Balaban J connectivity index is 3.67. The minimum atomic E-state index is -0.0966. The molecule has 0 unspecified atom stereocenters. The van der Waals surface area contributed by atoms with E-state index < -0.39 is 0 Å². The maximum atomic E-state index is 11.6. The number of halogens is 1. The van der Waals surface area contributed by atoms with Gasteiger partial charge in [0.25, 0.3) is 5.56 Å². The Hall–Kier alpha value is -0.770. The second-order valence-electron chi connectivity index (χ2n) is 2.99. The lowest BCUT2D eigenvalue weighted by Gasteiger charge is -2.12. The number of aromatic nitrogens is 1. The molecule has 2 N–H and O–H groups in total. The Morgan fingerprint density at radius 3 is 2.46 bits per heavy atom. The molecule has 3 nitrogen and oxygen atoms in total. The predicted molar refractivity (Wildman–Crippen MR) is 58.0 cm³/mol. The van der Waals surface area contributed by atoms with E-state index in [-0.39, 0.29) is 5.56 Å². The fourth-order valence-electron chi connectivity index (χ4n) is 1.35. The number of hydrogen-bond donors (Lipinski definition) is 1. The van der Waals surface area contributed by atoms with Crippen molar-refractivity contribution in [2.75, 3.05) is 5.73 Å². The number of pyridine rings is 1. The second-order valence-corrected chi connectivity index (χ2v) is 3.78. The molecule has 0 spiro atoms. The van der Waals surface area contributed by atoms with Gasteiger partial charge in [-0.2, -0.15) is 0 Å². The first-order valence-electron chi connectivity index (χ1n) is 4.15. The van der Waals surface area contributed by atoms with Gasteiger partial charge in [-0.25, -0.2) is 0 Å². The molecule has 0 aliphatic rings. The maximum absolute atomic E-state index is 11.6. The van der Waals surface area contributed by atoms with E-state index >= 15 is 0 Å². The van der Waals surface area contributed by atoms with Crippen molar-refractivity contribution in [3.63, 3.8) is 0 Å². The highest BCUT2D eigenvalue weighted by Crippen LogP contribution is 2.22. The van der Waals surface area contributed by atoms with Gasteiger partial charge < -0.3 is 10.3 Å². The summed E-state index contributed by atoms with van der Waals surface area (Å²) in [6.07, 6.45) is 0. The average Bonchev–Trinajstić information content (AvgIpc) is 2.13. The van der Waals surface area contributed by atoms with Gasteiger partial charge in [-0.05, 0) is 42.3 Å². The first kappa shape index (κ1) is 10.3. The van der Waals surface area contributed by atoms with E-state index in [0.29, 0.717) is 12.2 Å². The van der Waals surface area contributed by atoms with E-state index in [1.807, 2.05) is 20.8 Å². The van der Waals surface area contributed by atoms with Gasteiger partial charge in [0.1, 0.15) is 5.69 Å². The summed E-state index contributed by atoms with van der Waals surface area (Å²) in [6, 6.07) is 0. The van der Waals surface area contributed by atoms with Gasteiger partial charge in [0.2, 0.25) is 0 Å². The van der Waals surface area contributed by atoms with Gasteiger partial charge in [-0.15, -0.1) is 0 Å². The fraction of sp³-hybridized carbons (Fsp3) is 0.444. The third-order valence-electron chi connectivity index (χ3n) is 2.25. The molecule has 0 radical (unpaired) electrons. The first-order chi connectivity index (χ1) is 6.00. The molecule has 0 saturated heterocycles. The summed E-state index contributed by atoms with van der Waals surface area (Å²) in [6.45, 7) is 6.32. The zero-order chi connectivity index (χ0) is 10.2. The van der Waals surface area contributed by atoms with E-state index in [2.05, 4.69) is 15.9 Å². The molecule has 13 heavy (non-hydrogen) atoms. The molecule has 4 heteroatoms. The molecule has 0 aromatic carbocycles. The Morgan fingerprint density at radius 1 is 1.46 bits per heavy atom. The minimum Gasteiger partial charge on any atom is -0.394 e. The van der Waals surface area contributed by atoms with E-state index in [9.17, 15) is 4.79 Å². The molecular weight excluding hydrogens is 232 g/mol. The lowest BCUT2D eigenvalue weighted by molar-refractivity contribution is 0.697. The van der Waals surface area contributed by atoms with Crippen molar-refractivity contribution in [2.45, 2.75) is 27.3 Å². The van der Waals surface area contributed by atoms with Crippen molar-refractivity contribution in [3.05, 3.63) is 26.1 Å². The van der Waals surface area contributed by atoms with Crippen LogP contribution in [0.4, 0.5) is 5.69 Å². The molecule has 0 bridgehead atoms. The molecule has 1 heterocycles. The minimum absolute atomic E-state index is 0.0966. The Bertz CT molecular complexity index is 396. The molecule has 1 aromatic heterocycles. The lowest BCUT2D eigenvalue weighted by atomic mass is 10.2. The summed E-state index contributed by atoms with van der Waals surface area (Å²) in [5.41, 5.74) is 7.66. The van der Waals surface area contributed by atoms with Gasteiger partial charge >= 0.3 is 0 Å². The summed E-state index contributed by atoms with van der Waals surface area (Å²) in [7, 11) is 0. The standard InChI is InChI=1S/C9H13BrN2O/c1-4-12-6(3)7(10)5(2)8(11)9(12)13/h4,11H2,1-3H3. The van der Waals surface area contributed by atoms with Crippen LogP contribution in [-0.2, 0) is 6.54 Å². The maximum Gasteiger partial charge on any atom is 0.274 e. The topological polar surface area (TPSA) is 48.0 Å². The fourth-order valence-corrected chi connectivity index (χ4v) is 1.77. The molecule has 1 aromatic rings. The molecule has 0 saturated carbocycles. The third kappa shape index (κ3) is 1.50. The molecule has 0 atom stereocenters. The Morgan fingerprint density at radius 2 is 2.00 bits per heavy atom. The van der Waals surface area contributed by atoms with Crippen molar-refractivity contribution >= 4 is 21.6 Å². The number of nitrogens with zero attached hydrogens (tertiary/aromatic N) is 1. The van der Waals surface area contributed by atoms with Crippen LogP contribution in [0.15, 0.2) is 9.27 Å². The van der Waals surface area contributed by atoms with E-state index in [1.165, 1.54) is 0 Å². The number of nitrogens with two attached hydrogens (primary N) is 1. The normalized spacial score (nSPS) is 10.5. The van der Waals surface area contributed by atoms with E-state index in [4.69, 9.17) is 5.73 Å². The van der Waals surface area contributed by atoms with Crippen LogP contribution in [0.2, 0.25) is 0 Å². The van der Waals surface area contributed by atoms with Gasteiger partial charge in [0.05, 0.1) is 0 Å². The Labute approximate surface area is 85.7 Å². The molecule has 0 amide bonds. The summed E-state index contributed by atoms with van der Waals surface area (Å²) in [5, 5.41) is 0. The quantitative estimate of drug-likeness (QED) is 0.820. The van der Waals surface area contributed by atoms with Crippen molar-refractivity contribution in [3.8, 4) is 0 Å². The monoisotopic (exact) mass is 244 g/mol. The summed E-state index contributed by atoms with van der Waals surface area (Å²) in [4.78, 5) is 11.6. The SMILES string of the molecule is CCn1c(C)c(Br)c(C)c(N)c1=O. The smallest absolute Gasteiger partial charge is 0.274 e. The van der Waals surface area contributed by atoms with Crippen molar-refractivity contribution in [2.24, 2.45) is 0 Å². The molecular formula is C9H13BrN2O.